The molecule has 5 heteroatoms. The highest BCUT2D eigenvalue weighted by Crippen LogP contribution is 2.34. The van der Waals surface area contributed by atoms with Gasteiger partial charge in [0.05, 0.1) is 5.52 Å². The summed E-state index contributed by atoms with van der Waals surface area (Å²) in [7, 11) is 0. The fourth-order valence-electron chi connectivity index (χ4n) is 2.92. The Balaban J connectivity index is 1.75. The van der Waals surface area contributed by atoms with E-state index in [1.165, 1.54) is 10.4 Å². The van der Waals surface area contributed by atoms with Gasteiger partial charge in [0.25, 0.3) is 0 Å². The molecule has 1 fully saturated rings. The Morgan fingerprint density at radius 1 is 1.45 bits per heavy atom. The molecular formula is C15H18N2O2S. The zero-order chi connectivity index (χ0) is 13.9. The van der Waals surface area contributed by atoms with Gasteiger partial charge in [-0.3, -0.25) is 4.79 Å². The number of carboxylic acids is 1. The van der Waals surface area contributed by atoms with Crippen molar-refractivity contribution >= 4 is 33.4 Å². The Morgan fingerprint density at radius 3 is 3.15 bits per heavy atom. The number of carbonyl (C=O) groups is 1. The third kappa shape index (κ3) is 2.77. The minimum absolute atomic E-state index is 0.280. The molecule has 1 aliphatic heterocycles. The van der Waals surface area contributed by atoms with Gasteiger partial charge < -0.3 is 10.0 Å². The summed E-state index contributed by atoms with van der Waals surface area (Å²) in [5.41, 5.74) is 1.06. The number of aliphatic carboxylic acids is 1. The van der Waals surface area contributed by atoms with Crippen LogP contribution in [0.25, 0.3) is 10.9 Å². The number of piperidine rings is 1. The summed E-state index contributed by atoms with van der Waals surface area (Å²) < 4.78 is 4.50. The lowest BCUT2D eigenvalue weighted by Gasteiger charge is -2.33. The van der Waals surface area contributed by atoms with Gasteiger partial charge in [-0.15, -0.1) is 0 Å². The van der Waals surface area contributed by atoms with Crippen molar-refractivity contribution in [3.8, 4) is 0 Å². The van der Waals surface area contributed by atoms with Crippen LogP contribution in [0.15, 0.2) is 24.3 Å². The van der Waals surface area contributed by atoms with Gasteiger partial charge >= 0.3 is 5.97 Å². The molecule has 0 saturated carbocycles. The van der Waals surface area contributed by atoms with E-state index in [4.69, 9.17) is 5.11 Å². The maximum Gasteiger partial charge on any atom is 0.303 e. The van der Waals surface area contributed by atoms with E-state index in [9.17, 15) is 4.79 Å². The molecule has 0 amide bonds. The molecule has 1 aromatic carbocycles. The van der Waals surface area contributed by atoms with E-state index in [-0.39, 0.29) is 6.42 Å². The van der Waals surface area contributed by atoms with Crippen molar-refractivity contribution in [2.75, 3.05) is 18.0 Å². The topological polar surface area (TPSA) is 53.4 Å². The largest absolute Gasteiger partial charge is 0.481 e. The van der Waals surface area contributed by atoms with Crippen LogP contribution < -0.4 is 4.90 Å². The Labute approximate surface area is 122 Å². The van der Waals surface area contributed by atoms with Gasteiger partial charge in [0.1, 0.15) is 5.00 Å². The maximum absolute atomic E-state index is 10.7. The fraction of sp³-hybridized carbons (Fsp3) is 0.467. The normalized spacial score (nSPS) is 19.4. The van der Waals surface area contributed by atoms with Crippen molar-refractivity contribution in [3.63, 3.8) is 0 Å². The van der Waals surface area contributed by atoms with Gasteiger partial charge in [-0.05, 0) is 48.8 Å². The number of aromatic nitrogens is 1. The third-order valence-electron chi connectivity index (χ3n) is 3.94. The predicted molar refractivity (Wildman–Crippen MR) is 81.4 cm³/mol. The zero-order valence-corrected chi connectivity index (χ0v) is 12.1. The van der Waals surface area contributed by atoms with Gasteiger partial charge in [0.15, 0.2) is 0 Å². The molecule has 2 aromatic rings. The minimum Gasteiger partial charge on any atom is -0.481 e. The number of carboxylic acid groups (broad SMARTS) is 1. The summed E-state index contributed by atoms with van der Waals surface area (Å²) >= 11 is 1.56. The van der Waals surface area contributed by atoms with Crippen molar-refractivity contribution < 1.29 is 9.90 Å². The number of rotatable bonds is 4. The second-order valence-corrected chi connectivity index (χ2v) is 6.14. The monoisotopic (exact) mass is 290 g/mol. The van der Waals surface area contributed by atoms with Gasteiger partial charge in [-0.1, -0.05) is 12.1 Å². The Bertz CT molecular complexity index is 611. The quantitative estimate of drug-likeness (QED) is 0.938. The van der Waals surface area contributed by atoms with Crippen molar-refractivity contribution in [1.82, 2.24) is 4.37 Å². The van der Waals surface area contributed by atoms with Gasteiger partial charge in [0, 0.05) is 24.9 Å². The summed E-state index contributed by atoms with van der Waals surface area (Å²) in [6.45, 7) is 2.01. The number of benzene rings is 1. The van der Waals surface area contributed by atoms with E-state index in [0.29, 0.717) is 5.92 Å². The molecule has 20 heavy (non-hydrogen) atoms. The van der Waals surface area contributed by atoms with Crippen LogP contribution in [0.2, 0.25) is 0 Å². The SMILES string of the molecule is O=C(O)CCC1CCCN(c2snc3ccccc23)C1. The highest BCUT2D eigenvalue weighted by Gasteiger charge is 2.23. The molecule has 2 heterocycles. The van der Waals surface area contributed by atoms with Crippen molar-refractivity contribution in [2.24, 2.45) is 5.92 Å². The smallest absolute Gasteiger partial charge is 0.303 e. The average Bonchev–Trinajstić information content (AvgIpc) is 2.89. The third-order valence-corrected chi connectivity index (χ3v) is 4.88. The van der Waals surface area contributed by atoms with E-state index >= 15 is 0 Å². The van der Waals surface area contributed by atoms with Crippen LogP contribution in [0.4, 0.5) is 5.00 Å². The van der Waals surface area contributed by atoms with Gasteiger partial charge in [-0.2, -0.15) is 4.37 Å². The first-order valence-electron chi connectivity index (χ1n) is 7.05. The molecular weight excluding hydrogens is 272 g/mol. The van der Waals surface area contributed by atoms with Crippen LogP contribution in [0, 0.1) is 5.92 Å². The summed E-state index contributed by atoms with van der Waals surface area (Å²) in [5.74, 6) is -0.203. The minimum atomic E-state index is -0.689. The molecule has 3 rings (SSSR count). The summed E-state index contributed by atoms with van der Waals surface area (Å²) in [4.78, 5) is 13.1. The zero-order valence-electron chi connectivity index (χ0n) is 11.3. The molecule has 0 bridgehead atoms. The van der Waals surface area contributed by atoms with Crippen LogP contribution in [0.5, 0.6) is 0 Å². The lowest BCUT2D eigenvalue weighted by Crippen LogP contribution is -2.35. The maximum atomic E-state index is 10.7. The number of hydrogen-bond donors (Lipinski definition) is 1. The second-order valence-electron chi connectivity index (χ2n) is 5.39. The first-order valence-corrected chi connectivity index (χ1v) is 7.82. The number of hydrogen-bond acceptors (Lipinski definition) is 4. The highest BCUT2D eigenvalue weighted by molar-refractivity contribution is 7.11. The van der Waals surface area contributed by atoms with Gasteiger partial charge in [-0.25, -0.2) is 0 Å². The number of nitrogens with zero attached hydrogens (tertiary/aromatic N) is 2. The standard InChI is InChI=1S/C15H18N2O2S/c18-14(19)8-7-11-4-3-9-17(10-11)15-12-5-1-2-6-13(12)16-20-15/h1-2,5-6,11H,3-4,7-10H2,(H,18,19). The van der Waals surface area contributed by atoms with Crippen LogP contribution in [-0.2, 0) is 4.79 Å². The first-order chi connectivity index (χ1) is 9.74. The van der Waals surface area contributed by atoms with Crippen LogP contribution in [0.3, 0.4) is 0 Å². The van der Waals surface area contributed by atoms with Crippen LogP contribution in [-0.4, -0.2) is 28.5 Å². The fourth-order valence-corrected chi connectivity index (χ4v) is 3.81. The van der Waals surface area contributed by atoms with E-state index in [0.717, 1.165) is 37.9 Å². The van der Waals surface area contributed by atoms with Crippen molar-refractivity contribution in [3.05, 3.63) is 24.3 Å². The molecule has 0 aliphatic carbocycles. The molecule has 1 aromatic heterocycles. The predicted octanol–water partition coefficient (Wildman–Crippen LogP) is 3.38. The molecule has 1 unspecified atom stereocenters. The lowest BCUT2D eigenvalue weighted by atomic mass is 9.93. The molecule has 0 radical (unpaired) electrons. The van der Waals surface area contributed by atoms with Crippen LogP contribution >= 0.6 is 11.5 Å². The molecule has 1 atom stereocenters. The van der Waals surface area contributed by atoms with E-state index in [1.54, 1.807) is 11.5 Å². The lowest BCUT2D eigenvalue weighted by molar-refractivity contribution is -0.137. The van der Waals surface area contributed by atoms with Gasteiger partial charge in [0.2, 0.25) is 0 Å². The summed E-state index contributed by atoms with van der Waals surface area (Å²) in [6, 6.07) is 8.22. The molecule has 106 valence electrons. The van der Waals surface area contributed by atoms with Crippen molar-refractivity contribution in [2.45, 2.75) is 25.7 Å². The Morgan fingerprint density at radius 2 is 2.30 bits per heavy atom. The molecule has 1 N–H and O–H groups in total. The van der Waals surface area contributed by atoms with E-state index in [2.05, 4.69) is 15.3 Å². The molecule has 1 aliphatic rings. The Hall–Kier alpha value is -1.62. The molecule has 0 spiro atoms. The average molecular weight is 290 g/mol. The number of fused-ring (bicyclic) bond motifs is 1. The van der Waals surface area contributed by atoms with E-state index < -0.39 is 5.97 Å². The molecule has 4 nitrogen and oxygen atoms in total. The summed E-state index contributed by atoms with van der Waals surface area (Å²) in [5, 5.41) is 11.3. The Kier molecular flexibility index (Phi) is 3.87. The van der Waals surface area contributed by atoms with E-state index in [1.807, 2.05) is 18.2 Å². The van der Waals surface area contributed by atoms with Crippen LogP contribution in [0.1, 0.15) is 25.7 Å². The second kappa shape index (κ2) is 5.79. The number of anilines is 1. The molecule has 1 saturated heterocycles. The van der Waals surface area contributed by atoms with Crippen molar-refractivity contribution in [1.29, 1.82) is 0 Å². The first kappa shape index (κ1) is 13.4. The highest BCUT2D eigenvalue weighted by atomic mass is 32.1. The summed E-state index contributed by atoms with van der Waals surface area (Å²) in [6.07, 6.45) is 3.33.